The number of aryl methyl sites for hydroxylation is 1. The van der Waals surface area contributed by atoms with Gasteiger partial charge in [-0.15, -0.1) is 0 Å². The van der Waals surface area contributed by atoms with Crippen molar-refractivity contribution in [2.75, 3.05) is 13.2 Å². The molecular formula is C21H24N2O4. The van der Waals surface area contributed by atoms with Crippen molar-refractivity contribution >= 4 is 11.4 Å². The summed E-state index contributed by atoms with van der Waals surface area (Å²) in [5.41, 5.74) is 2.49. The SMILES string of the molecule is CCOc1cccn2c(C(=O)C[C@H](c3ccccc3)[C@@H](O)CO)c(C)nc12. The van der Waals surface area contributed by atoms with Crippen LogP contribution in [-0.2, 0) is 0 Å². The monoisotopic (exact) mass is 368 g/mol. The summed E-state index contributed by atoms with van der Waals surface area (Å²) in [5.74, 6) is -0.0177. The van der Waals surface area contributed by atoms with Crippen LogP contribution in [0.3, 0.4) is 0 Å². The van der Waals surface area contributed by atoms with Crippen LogP contribution in [0.2, 0.25) is 0 Å². The van der Waals surface area contributed by atoms with Gasteiger partial charge in [0.2, 0.25) is 0 Å². The maximum absolute atomic E-state index is 13.1. The van der Waals surface area contributed by atoms with Crippen molar-refractivity contribution in [3.8, 4) is 5.75 Å². The third kappa shape index (κ3) is 3.86. The van der Waals surface area contributed by atoms with Crippen LogP contribution < -0.4 is 4.74 Å². The average molecular weight is 368 g/mol. The Morgan fingerprint density at radius 3 is 2.63 bits per heavy atom. The Morgan fingerprint density at radius 2 is 1.96 bits per heavy atom. The number of fused-ring (bicyclic) bond motifs is 1. The molecule has 6 nitrogen and oxygen atoms in total. The van der Waals surface area contributed by atoms with E-state index in [-0.39, 0.29) is 12.2 Å². The zero-order valence-corrected chi connectivity index (χ0v) is 15.5. The Bertz CT molecular complexity index is 921. The second-order valence-electron chi connectivity index (χ2n) is 6.44. The molecule has 142 valence electrons. The number of Topliss-reactive ketones (excluding diaryl/α,β-unsaturated/α-hetero) is 1. The zero-order chi connectivity index (χ0) is 19.4. The Labute approximate surface area is 158 Å². The number of rotatable bonds is 8. The van der Waals surface area contributed by atoms with Crippen molar-refractivity contribution in [3.63, 3.8) is 0 Å². The molecule has 0 radical (unpaired) electrons. The van der Waals surface area contributed by atoms with Crippen molar-refractivity contribution in [2.24, 2.45) is 0 Å². The molecule has 6 heteroatoms. The van der Waals surface area contributed by atoms with Crippen molar-refractivity contribution in [3.05, 3.63) is 65.6 Å². The van der Waals surface area contributed by atoms with Crippen LogP contribution >= 0.6 is 0 Å². The summed E-state index contributed by atoms with van der Waals surface area (Å²) in [5, 5.41) is 19.7. The predicted molar refractivity (Wildman–Crippen MR) is 102 cm³/mol. The highest BCUT2D eigenvalue weighted by atomic mass is 16.5. The second-order valence-corrected chi connectivity index (χ2v) is 6.44. The molecule has 0 amide bonds. The molecule has 2 aromatic heterocycles. The van der Waals surface area contributed by atoms with Gasteiger partial charge in [-0.25, -0.2) is 4.98 Å². The topological polar surface area (TPSA) is 84.1 Å². The lowest BCUT2D eigenvalue weighted by atomic mass is 9.88. The lowest BCUT2D eigenvalue weighted by molar-refractivity contribution is 0.0646. The van der Waals surface area contributed by atoms with Crippen LogP contribution in [-0.4, -0.2) is 44.7 Å². The van der Waals surface area contributed by atoms with E-state index in [4.69, 9.17) is 4.74 Å². The Kier molecular flexibility index (Phi) is 5.88. The first kappa shape index (κ1) is 19.1. The van der Waals surface area contributed by atoms with E-state index in [0.717, 1.165) is 5.56 Å². The van der Waals surface area contributed by atoms with Gasteiger partial charge < -0.3 is 14.9 Å². The van der Waals surface area contributed by atoms with Gasteiger partial charge in [-0.3, -0.25) is 9.20 Å². The molecular weight excluding hydrogens is 344 g/mol. The first-order valence-corrected chi connectivity index (χ1v) is 9.04. The average Bonchev–Trinajstić information content (AvgIpc) is 3.03. The molecule has 0 saturated carbocycles. The number of carbonyl (C=O) groups is 1. The third-order valence-electron chi connectivity index (χ3n) is 4.64. The molecule has 3 rings (SSSR count). The molecule has 0 aliphatic heterocycles. The number of benzene rings is 1. The fourth-order valence-corrected chi connectivity index (χ4v) is 3.36. The normalized spacial score (nSPS) is 13.5. The van der Waals surface area contributed by atoms with Crippen molar-refractivity contribution in [2.45, 2.75) is 32.3 Å². The summed E-state index contributed by atoms with van der Waals surface area (Å²) >= 11 is 0. The number of hydrogen-bond donors (Lipinski definition) is 2. The first-order valence-electron chi connectivity index (χ1n) is 9.04. The van der Waals surface area contributed by atoms with Crippen molar-refractivity contribution < 1.29 is 19.7 Å². The lowest BCUT2D eigenvalue weighted by Crippen LogP contribution is -2.25. The van der Waals surface area contributed by atoms with Crippen LogP contribution in [0.4, 0.5) is 0 Å². The number of hydrogen-bond acceptors (Lipinski definition) is 5. The zero-order valence-electron chi connectivity index (χ0n) is 15.5. The molecule has 0 bridgehead atoms. The number of imidazole rings is 1. The molecule has 1 aromatic carbocycles. The molecule has 27 heavy (non-hydrogen) atoms. The van der Waals surface area contributed by atoms with E-state index >= 15 is 0 Å². The molecule has 0 saturated heterocycles. The molecule has 3 aromatic rings. The second kappa shape index (κ2) is 8.33. The fourth-order valence-electron chi connectivity index (χ4n) is 3.36. The molecule has 2 heterocycles. The summed E-state index contributed by atoms with van der Waals surface area (Å²) in [6.07, 6.45) is 0.833. The van der Waals surface area contributed by atoms with E-state index in [1.165, 1.54) is 0 Å². The number of ether oxygens (including phenoxy) is 1. The van der Waals surface area contributed by atoms with Crippen LogP contribution in [0, 0.1) is 6.92 Å². The predicted octanol–water partition coefficient (Wildman–Crippen LogP) is 2.75. The molecule has 2 atom stereocenters. The first-order chi connectivity index (χ1) is 13.1. The summed E-state index contributed by atoms with van der Waals surface area (Å²) < 4.78 is 7.34. The molecule has 0 spiro atoms. The van der Waals surface area contributed by atoms with Crippen LogP contribution in [0.5, 0.6) is 5.75 Å². The number of aliphatic hydroxyl groups is 2. The minimum absolute atomic E-state index is 0.0687. The Morgan fingerprint density at radius 1 is 1.22 bits per heavy atom. The highest BCUT2D eigenvalue weighted by Gasteiger charge is 2.27. The van der Waals surface area contributed by atoms with Gasteiger partial charge >= 0.3 is 0 Å². The van der Waals surface area contributed by atoms with Gasteiger partial charge in [-0.1, -0.05) is 30.3 Å². The smallest absolute Gasteiger partial charge is 0.182 e. The highest BCUT2D eigenvalue weighted by Crippen LogP contribution is 2.28. The van der Waals surface area contributed by atoms with E-state index in [0.29, 0.717) is 29.4 Å². The van der Waals surface area contributed by atoms with E-state index < -0.39 is 18.6 Å². The van der Waals surface area contributed by atoms with Gasteiger partial charge in [0.25, 0.3) is 0 Å². The highest BCUT2D eigenvalue weighted by molar-refractivity contribution is 5.97. The van der Waals surface area contributed by atoms with Gasteiger partial charge in [0, 0.05) is 18.5 Å². The summed E-state index contributed by atoms with van der Waals surface area (Å²) in [6, 6.07) is 12.9. The van der Waals surface area contributed by atoms with Gasteiger partial charge in [0.15, 0.2) is 17.2 Å². The molecule has 2 N–H and O–H groups in total. The standard InChI is InChI=1S/C21H24N2O4/c1-3-27-19-10-7-11-23-20(14(2)22-21(19)23)17(25)12-16(18(26)13-24)15-8-5-4-6-9-15/h4-11,16,18,24,26H,3,12-13H2,1-2H3/t16-,18+/m1/s1. The van der Waals surface area contributed by atoms with E-state index in [9.17, 15) is 15.0 Å². The summed E-state index contributed by atoms with van der Waals surface area (Å²) in [6.45, 7) is 3.78. The minimum atomic E-state index is -1.02. The van der Waals surface area contributed by atoms with E-state index in [1.54, 1.807) is 17.5 Å². The van der Waals surface area contributed by atoms with Crippen LogP contribution in [0.25, 0.3) is 5.65 Å². The molecule has 0 fully saturated rings. The number of pyridine rings is 1. The number of aliphatic hydroxyl groups excluding tert-OH is 2. The third-order valence-corrected chi connectivity index (χ3v) is 4.64. The lowest BCUT2D eigenvalue weighted by Gasteiger charge is -2.21. The van der Waals surface area contributed by atoms with Gasteiger partial charge in [-0.05, 0) is 31.5 Å². The summed E-state index contributed by atoms with van der Waals surface area (Å²) in [7, 11) is 0. The number of carbonyl (C=O) groups excluding carboxylic acids is 1. The number of aromatic nitrogens is 2. The summed E-state index contributed by atoms with van der Waals surface area (Å²) in [4.78, 5) is 17.6. The van der Waals surface area contributed by atoms with Gasteiger partial charge in [0.05, 0.1) is 25.0 Å². The van der Waals surface area contributed by atoms with E-state index in [2.05, 4.69) is 4.98 Å². The van der Waals surface area contributed by atoms with Crippen molar-refractivity contribution in [1.82, 2.24) is 9.38 Å². The maximum atomic E-state index is 13.1. The Hall–Kier alpha value is -2.70. The maximum Gasteiger partial charge on any atom is 0.182 e. The fraction of sp³-hybridized carbons (Fsp3) is 0.333. The molecule has 0 unspecified atom stereocenters. The molecule has 0 aliphatic carbocycles. The van der Waals surface area contributed by atoms with Gasteiger partial charge in [-0.2, -0.15) is 0 Å². The minimum Gasteiger partial charge on any atom is -0.490 e. The van der Waals surface area contributed by atoms with Crippen molar-refractivity contribution in [1.29, 1.82) is 0 Å². The number of ketones is 1. The van der Waals surface area contributed by atoms with Crippen LogP contribution in [0.1, 0.15) is 41.0 Å². The molecule has 0 aliphatic rings. The largest absolute Gasteiger partial charge is 0.490 e. The quantitative estimate of drug-likeness (QED) is 0.597. The van der Waals surface area contributed by atoms with Gasteiger partial charge in [0.1, 0.15) is 5.69 Å². The van der Waals surface area contributed by atoms with Crippen LogP contribution in [0.15, 0.2) is 48.7 Å². The van der Waals surface area contributed by atoms with E-state index in [1.807, 2.05) is 49.4 Å². The number of nitrogens with zero attached hydrogens (tertiary/aromatic N) is 2. The Balaban J connectivity index is 1.97.